The molecule has 1 aromatic heterocycles. The Hall–Kier alpha value is -2.41. The number of benzene rings is 1. The summed E-state index contributed by atoms with van der Waals surface area (Å²) in [7, 11) is 1.76. The van der Waals surface area contributed by atoms with E-state index in [0.717, 1.165) is 4.88 Å². The maximum Gasteiger partial charge on any atom is 0.242 e. The number of amides is 2. The topological polar surface area (TPSA) is 52.7 Å². The molecule has 1 aromatic carbocycles. The fraction of sp³-hybridized carbons (Fsp3) is 0.294. The number of nitrogens with one attached hydrogen (secondary N) is 1. The predicted octanol–water partition coefficient (Wildman–Crippen LogP) is 2.69. The Kier molecular flexibility index (Phi) is 4.80. The van der Waals surface area contributed by atoms with Gasteiger partial charge in [-0.15, -0.1) is 11.3 Å². The number of carbonyl (C=O) groups is 2. The highest BCUT2D eigenvalue weighted by molar-refractivity contribution is 7.09. The average molecular weight is 347 g/mol. The highest BCUT2D eigenvalue weighted by Crippen LogP contribution is 2.29. The molecule has 0 saturated carbocycles. The smallest absolute Gasteiger partial charge is 0.242 e. The molecule has 7 heteroatoms. The monoisotopic (exact) mass is 347 g/mol. The van der Waals surface area contributed by atoms with E-state index in [9.17, 15) is 14.0 Å². The van der Waals surface area contributed by atoms with Gasteiger partial charge in [0.1, 0.15) is 5.82 Å². The zero-order valence-electron chi connectivity index (χ0n) is 13.3. The molecule has 2 aromatic rings. The van der Waals surface area contributed by atoms with Gasteiger partial charge in [0, 0.05) is 24.9 Å². The van der Waals surface area contributed by atoms with Crippen molar-refractivity contribution in [3.05, 3.63) is 46.4 Å². The van der Waals surface area contributed by atoms with Crippen LogP contribution in [0.4, 0.5) is 15.8 Å². The molecule has 5 nitrogen and oxygen atoms in total. The Labute approximate surface area is 143 Å². The molecule has 0 atom stereocenters. The van der Waals surface area contributed by atoms with E-state index in [1.165, 1.54) is 12.1 Å². The van der Waals surface area contributed by atoms with Gasteiger partial charge in [0.25, 0.3) is 0 Å². The largest absolute Gasteiger partial charge is 0.360 e. The van der Waals surface area contributed by atoms with Crippen molar-refractivity contribution in [3.63, 3.8) is 0 Å². The van der Waals surface area contributed by atoms with Crippen molar-refractivity contribution in [3.8, 4) is 0 Å². The molecule has 0 aliphatic carbocycles. The highest BCUT2D eigenvalue weighted by Gasteiger charge is 2.22. The molecule has 1 aliphatic heterocycles. The van der Waals surface area contributed by atoms with Crippen LogP contribution in [0.25, 0.3) is 0 Å². The van der Waals surface area contributed by atoms with Crippen LogP contribution in [0.3, 0.4) is 0 Å². The summed E-state index contributed by atoms with van der Waals surface area (Å²) >= 11 is 1.60. The number of likely N-dealkylation sites (N-methyl/N-ethyl adjacent to an activating group) is 1. The molecule has 0 fully saturated rings. The number of anilines is 2. The molecule has 126 valence electrons. The third kappa shape index (κ3) is 3.73. The number of hydrogen-bond acceptors (Lipinski definition) is 4. The summed E-state index contributed by atoms with van der Waals surface area (Å²) in [5.74, 6) is -0.645. The van der Waals surface area contributed by atoms with Crippen LogP contribution < -0.4 is 10.2 Å². The molecule has 0 saturated heterocycles. The van der Waals surface area contributed by atoms with E-state index in [0.29, 0.717) is 24.5 Å². The maximum atomic E-state index is 13.4. The molecule has 2 heterocycles. The molecule has 1 aliphatic rings. The van der Waals surface area contributed by atoms with Crippen LogP contribution in [0.5, 0.6) is 0 Å². The number of carbonyl (C=O) groups excluding carboxylic acids is 2. The number of halogens is 1. The van der Waals surface area contributed by atoms with Crippen molar-refractivity contribution in [2.75, 3.05) is 30.4 Å². The second-order valence-corrected chi connectivity index (χ2v) is 6.74. The van der Waals surface area contributed by atoms with E-state index >= 15 is 0 Å². The van der Waals surface area contributed by atoms with E-state index in [1.54, 1.807) is 29.4 Å². The quantitative estimate of drug-likeness (QED) is 0.925. The van der Waals surface area contributed by atoms with Gasteiger partial charge < -0.3 is 15.1 Å². The molecule has 0 spiro atoms. The molecule has 24 heavy (non-hydrogen) atoms. The van der Waals surface area contributed by atoms with Crippen LogP contribution in [0.15, 0.2) is 35.7 Å². The Bertz CT molecular complexity index is 748. The number of thiophene rings is 1. The van der Waals surface area contributed by atoms with E-state index < -0.39 is 5.82 Å². The summed E-state index contributed by atoms with van der Waals surface area (Å²) in [6.45, 7) is 1.12. The van der Waals surface area contributed by atoms with Gasteiger partial charge in [0.05, 0.1) is 24.5 Å². The van der Waals surface area contributed by atoms with Crippen LogP contribution in [-0.2, 0) is 16.1 Å². The first-order chi connectivity index (χ1) is 11.5. The number of rotatable bonds is 4. The lowest BCUT2D eigenvalue weighted by Gasteiger charge is -2.26. The van der Waals surface area contributed by atoms with Gasteiger partial charge in [-0.2, -0.15) is 0 Å². The second-order valence-electron chi connectivity index (χ2n) is 5.71. The van der Waals surface area contributed by atoms with Crippen molar-refractivity contribution < 1.29 is 14.0 Å². The first-order valence-corrected chi connectivity index (χ1v) is 8.51. The minimum atomic E-state index is -0.419. The lowest BCUT2D eigenvalue weighted by molar-refractivity contribution is -0.129. The Balaban J connectivity index is 1.74. The molecule has 2 amide bonds. The Morgan fingerprint density at radius 1 is 1.42 bits per heavy atom. The molecule has 1 N–H and O–H groups in total. The molecular weight excluding hydrogens is 329 g/mol. The fourth-order valence-corrected chi connectivity index (χ4v) is 3.38. The predicted molar refractivity (Wildman–Crippen MR) is 92.7 cm³/mol. The standard InChI is InChI=1S/C17H18FN3O2S/c1-20(10-13-3-2-8-24-13)17(23)11-21-7-6-16(22)19-14-9-12(18)4-5-15(14)21/h2-5,8-9H,6-7,10-11H2,1H3,(H,19,22). The molecule has 0 unspecified atom stereocenters. The van der Waals surface area contributed by atoms with Gasteiger partial charge in [0.15, 0.2) is 0 Å². The van der Waals surface area contributed by atoms with Gasteiger partial charge in [-0.05, 0) is 29.6 Å². The Morgan fingerprint density at radius 2 is 2.25 bits per heavy atom. The van der Waals surface area contributed by atoms with E-state index in [1.807, 2.05) is 22.4 Å². The minimum Gasteiger partial charge on any atom is -0.360 e. The average Bonchev–Trinajstić information content (AvgIpc) is 2.99. The summed E-state index contributed by atoms with van der Waals surface area (Å²) in [5.41, 5.74) is 1.08. The van der Waals surface area contributed by atoms with Crippen molar-refractivity contribution >= 4 is 34.5 Å². The van der Waals surface area contributed by atoms with Crippen LogP contribution in [0.2, 0.25) is 0 Å². The lowest BCUT2D eigenvalue weighted by atomic mass is 10.2. The third-order valence-corrected chi connectivity index (χ3v) is 4.77. The first-order valence-electron chi connectivity index (χ1n) is 7.63. The van der Waals surface area contributed by atoms with Gasteiger partial charge in [-0.3, -0.25) is 9.59 Å². The first kappa shape index (κ1) is 16.4. The van der Waals surface area contributed by atoms with Gasteiger partial charge in [0.2, 0.25) is 11.8 Å². The van der Waals surface area contributed by atoms with E-state index in [-0.39, 0.29) is 24.8 Å². The number of fused-ring (bicyclic) bond motifs is 1. The van der Waals surface area contributed by atoms with Crippen LogP contribution in [-0.4, -0.2) is 36.9 Å². The lowest BCUT2D eigenvalue weighted by Crippen LogP contribution is -2.38. The van der Waals surface area contributed by atoms with Crippen molar-refractivity contribution in [1.82, 2.24) is 4.90 Å². The number of hydrogen-bond donors (Lipinski definition) is 1. The van der Waals surface area contributed by atoms with Gasteiger partial charge >= 0.3 is 0 Å². The van der Waals surface area contributed by atoms with E-state index in [4.69, 9.17) is 0 Å². The molecule has 0 radical (unpaired) electrons. The van der Waals surface area contributed by atoms with Gasteiger partial charge in [-0.1, -0.05) is 6.07 Å². The van der Waals surface area contributed by atoms with Crippen LogP contribution >= 0.6 is 11.3 Å². The van der Waals surface area contributed by atoms with Crippen molar-refractivity contribution in [1.29, 1.82) is 0 Å². The highest BCUT2D eigenvalue weighted by atomic mass is 32.1. The third-order valence-electron chi connectivity index (χ3n) is 3.91. The summed E-state index contributed by atoms with van der Waals surface area (Å²) in [4.78, 5) is 28.9. The Morgan fingerprint density at radius 3 is 3.00 bits per heavy atom. The van der Waals surface area contributed by atoms with E-state index in [2.05, 4.69) is 5.32 Å². The molecular formula is C17H18FN3O2S. The summed E-state index contributed by atoms with van der Waals surface area (Å²) in [6, 6.07) is 8.16. The van der Waals surface area contributed by atoms with Crippen LogP contribution in [0, 0.1) is 5.82 Å². The number of nitrogens with zero attached hydrogens (tertiary/aromatic N) is 2. The SMILES string of the molecule is CN(Cc1cccs1)C(=O)CN1CCC(=O)Nc2cc(F)ccc21. The summed E-state index contributed by atoms with van der Waals surface area (Å²) in [6.07, 6.45) is 0.262. The second kappa shape index (κ2) is 7.00. The molecule has 3 rings (SSSR count). The zero-order chi connectivity index (χ0) is 17.1. The minimum absolute atomic E-state index is 0.0481. The fourth-order valence-electron chi connectivity index (χ4n) is 2.63. The summed E-state index contributed by atoms with van der Waals surface area (Å²) in [5, 5.41) is 4.66. The van der Waals surface area contributed by atoms with Crippen molar-refractivity contribution in [2.45, 2.75) is 13.0 Å². The molecule has 0 bridgehead atoms. The van der Waals surface area contributed by atoms with Gasteiger partial charge in [-0.25, -0.2) is 4.39 Å². The van der Waals surface area contributed by atoms with Crippen LogP contribution in [0.1, 0.15) is 11.3 Å². The normalized spacial score (nSPS) is 13.9. The van der Waals surface area contributed by atoms with Crippen molar-refractivity contribution in [2.24, 2.45) is 0 Å². The summed E-state index contributed by atoms with van der Waals surface area (Å²) < 4.78 is 13.4. The maximum absolute atomic E-state index is 13.4. The zero-order valence-corrected chi connectivity index (χ0v) is 14.1.